The Labute approximate surface area is 124 Å². The molecule has 3 nitrogen and oxygen atoms in total. The number of hydrogen-bond acceptors (Lipinski definition) is 3. The van der Waals surface area contributed by atoms with Gasteiger partial charge in [0.2, 0.25) is 0 Å². The second-order valence-corrected chi connectivity index (χ2v) is 5.07. The van der Waals surface area contributed by atoms with Crippen LogP contribution in [-0.4, -0.2) is 13.2 Å². The van der Waals surface area contributed by atoms with Crippen LogP contribution in [0.25, 0.3) is 0 Å². The molecule has 0 saturated carbocycles. The quantitative estimate of drug-likeness (QED) is 0.851. The zero-order chi connectivity index (χ0) is 14.5. The largest absolute Gasteiger partial charge is 0.495 e. The Hall–Kier alpha value is -1.87. The van der Waals surface area contributed by atoms with Gasteiger partial charge in [0.05, 0.1) is 18.2 Å². The molecule has 0 bridgehead atoms. The molecule has 2 aromatic rings. The lowest BCUT2D eigenvalue weighted by atomic mass is 10.2. The molecule has 106 valence electrons. The smallest absolute Gasteiger partial charge is 0.137 e. The van der Waals surface area contributed by atoms with E-state index in [0.717, 1.165) is 17.1 Å². The summed E-state index contributed by atoms with van der Waals surface area (Å²) in [6.45, 7) is 4.01. The summed E-state index contributed by atoms with van der Waals surface area (Å²) < 4.78 is 10.7. The Bertz CT molecular complexity index is 567. The lowest BCUT2D eigenvalue weighted by Gasteiger charge is -2.12. The van der Waals surface area contributed by atoms with Crippen molar-refractivity contribution < 1.29 is 9.47 Å². The number of halogens is 1. The van der Waals surface area contributed by atoms with Crippen molar-refractivity contribution in [2.45, 2.75) is 20.0 Å². The van der Waals surface area contributed by atoms with Crippen molar-refractivity contribution in [3.05, 3.63) is 47.5 Å². The van der Waals surface area contributed by atoms with Gasteiger partial charge in [-0.3, -0.25) is 0 Å². The van der Waals surface area contributed by atoms with Gasteiger partial charge in [-0.15, -0.1) is 0 Å². The highest BCUT2D eigenvalue weighted by Gasteiger charge is 2.03. The van der Waals surface area contributed by atoms with E-state index in [2.05, 4.69) is 5.32 Å². The van der Waals surface area contributed by atoms with Gasteiger partial charge in [-0.2, -0.15) is 0 Å². The van der Waals surface area contributed by atoms with Gasteiger partial charge in [-0.05, 0) is 56.3 Å². The molecule has 4 heteroatoms. The predicted molar refractivity (Wildman–Crippen MR) is 83.5 cm³/mol. The fourth-order valence-corrected chi connectivity index (χ4v) is 2.06. The maximum absolute atomic E-state index is 6.09. The fourth-order valence-electron chi connectivity index (χ4n) is 1.80. The minimum absolute atomic E-state index is 0.175. The van der Waals surface area contributed by atoms with Gasteiger partial charge in [0.1, 0.15) is 11.5 Å². The number of methoxy groups -OCH3 is 1. The van der Waals surface area contributed by atoms with E-state index >= 15 is 0 Å². The summed E-state index contributed by atoms with van der Waals surface area (Å²) in [4.78, 5) is 0. The van der Waals surface area contributed by atoms with Crippen LogP contribution >= 0.6 is 11.6 Å². The van der Waals surface area contributed by atoms with Gasteiger partial charge in [0, 0.05) is 11.4 Å². The van der Waals surface area contributed by atoms with Crippen LogP contribution in [0.2, 0.25) is 5.02 Å². The summed E-state index contributed by atoms with van der Waals surface area (Å²) in [6.07, 6.45) is 0.175. The third-order valence-corrected chi connectivity index (χ3v) is 2.96. The predicted octanol–water partition coefficient (Wildman–Crippen LogP) is 4.88. The molecule has 0 atom stereocenters. The summed E-state index contributed by atoms with van der Waals surface area (Å²) in [5.41, 5.74) is 1.88. The van der Waals surface area contributed by atoms with Gasteiger partial charge in [0.25, 0.3) is 0 Å². The molecule has 0 fully saturated rings. The van der Waals surface area contributed by atoms with Crippen molar-refractivity contribution >= 4 is 23.0 Å². The maximum Gasteiger partial charge on any atom is 0.137 e. The van der Waals surface area contributed by atoms with Gasteiger partial charge >= 0.3 is 0 Å². The average molecular weight is 292 g/mol. The topological polar surface area (TPSA) is 30.5 Å². The van der Waals surface area contributed by atoms with E-state index in [1.54, 1.807) is 7.11 Å². The Kier molecular flexibility index (Phi) is 4.74. The van der Waals surface area contributed by atoms with Crippen molar-refractivity contribution in [1.82, 2.24) is 0 Å². The molecule has 0 aliphatic rings. The minimum atomic E-state index is 0.175. The molecule has 2 rings (SSSR count). The van der Waals surface area contributed by atoms with Crippen LogP contribution in [0.15, 0.2) is 42.5 Å². The van der Waals surface area contributed by atoms with Crippen LogP contribution < -0.4 is 14.8 Å². The normalized spacial score (nSPS) is 10.4. The summed E-state index contributed by atoms with van der Waals surface area (Å²) in [6, 6.07) is 13.4. The number of anilines is 2. The highest BCUT2D eigenvalue weighted by Crippen LogP contribution is 2.29. The Balaban J connectivity index is 2.08. The van der Waals surface area contributed by atoms with Crippen LogP contribution in [0.3, 0.4) is 0 Å². The van der Waals surface area contributed by atoms with E-state index in [0.29, 0.717) is 10.8 Å². The van der Waals surface area contributed by atoms with E-state index < -0.39 is 0 Å². The molecule has 0 aromatic heterocycles. The third-order valence-electron chi connectivity index (χ3n) is 2.67. The number of nitrogens with one attached hydrogen (secondary N) is 1. The van der Waals surface area contributed by atoms with Gasteiger partial charge in [-0.1, -0.05) is 11.6 Å². The fraction of sp³-hybridized carbons (Fsp3) is 0.250. The summed E-state index contributed by atoms with van der Waals surface area (Å²) in [5.74, 6) is 1.52. The van der Waals surface area contributed by atoms with Crippen LogP contribution in [0.1, 0.15) is 13.8 Å². The lowest BCUT2D eigenvalue weighted by molar-refractivity contribution is 0.242. The first-order valence-corrected chi connectivity index (χ1v) is 6.83. The molecule has 0 spiro atoms. The number of ether oxygens (including phenoxy) is 2. The summed E-state index contributed by atoms with van der Waals surface area (Å²) >= 11 is 6.09. The molecule has 2 aromatic carbocycles. The first-order valence-electron chi connectivity index (χ1n) is 6.46. The minimum Gasteiger partial charge on any atom is -0.495 e. The molecule has 0 aliphatic carbocycles. The molecule has 0 saturated heterocycles. The molecule has 0 amide bonds. The number of benzene rings is 2. The van der Waals surface area contributed by atoms with E-state index in [-0.39, 0.29) is 6.10 Å². The SMILES string of the molecule is COc1ccc(Nc2ccc(OC(C)C)cc2)cc1Cl. The average Bonchev–Trinajstić information content (AvgIpc) is 2.41. The van der Waals surface area contributed by atoms with E-state index in [4.69, 9.17) is 21.1 Å². The van der Waals surface area contributed by atoms with Crippen molar-refractivity contribution in [2.24, 2.45) is 0 Å². The first kappa shape index (κ1) is 14.5. The second kappa shape index (κ2) is 6.53. The monoisotopic (exact) mass is 291 g/mol. The zero-order valence-corrected chi connectivity index (χ0v) is 12.6. The Morgan fingerprint density at radius 2 is 1.65 bits per heavy atom. The molecular weight excluding hydrogens is 274 g/mol. The molecule has 0 aliphatic heterocycles. The van der Waals surface area contributed by atoms with Crippen molar-refractivity contribution in [3.63, 3.8) is 0 Å². The zero-order valence-electron chi connectivity index (χ0n) is 11.8. The van der Waals surface area contributed by atoms with Gasteiger partial charge in [-0.25, -0.2) is 0 Å². The van der Waals surface area contributed by atoms with Gasteiger partial charge in [0.15, 0.2) is 0 Å². The van der Waals surface area contributed by atoms with E-state index in [9.17, 15) is 0 Å². The third kappa shape index (κ3) is 3.81. The van der Waals surface area contributed by atoms with Crippen LogP contribution in [0.5, 0.6) is 11.5 Å². The molecule has 0 unspecified atom stereocenters. The molecular formula is C16H18ClNO2. The van der Waals surface area contributed by atoms with Crippen LogP contribution in [0, 0.1) is 0 Å². The Morgan fingerprint density at radius 1 is 1.00 bits per heavy atom. The molecule has 0 radical (unpaired) electrons. The molecule has 20 heavy (non-hydrogen) atoms. The highest BCUT2D eigenvalue weighted by atomic mass is 35.5. The van der Waals surface area contributed by atoms with Crippen molar-refractivity contribution in [3.8, 4) is 11.5 Å². The second-order valence-electron chi connectivity index (χ2n) is 4.67. The number of hydrogen-bond donors (Lipinski definition) is 1. The molecule has 1 N–H and O–H groups in total. The Morgan fingerprint density at radius 3 is 2.20 bits per heavy atom. The van der Waals surface area contributed by atoms with Crippen molar-refractivity contribution in [2.75, 3.05) is 12.4 Å². The first-order chi connectivity index (χ1) is 9.58. The lowest BCUT2D eigenvalue weighted by Crippen LogP contribution is -2.05. The standard InChI is InChI=1S/C16H18ClNO2/c1-11(2)20-14-7-4-12(5-8-14)18-13-6-9-16(19-3)15(17)10-13/h4-11,18H,1-3H3. The van der Waals surface area contributed by atoms with E-state index in [1.165, 1.54) is 0 Å². The van der Waals surface area contributed by atoms with Crippen molar-refractivity contribution in [1.29, 1.82) is 0 Å². The van der Waals surface area contributed by atoms with Gasteiger partial charge < -0.3 is 14.8 Å². The molecule has 0 heterocycles. The van der Waals surface area contributed by atoms with E-state index in [1.807, 2.05) is 56.3 Å². The van der Waals surface area contributed by atoms with Crippen LogP contribution in [-0.2, 0) is 0 Å². The summed E-state index contributed by atoms with van der Waals surface area (Å²) in [7, 11) is 1.60. The number of rotatable bonds is 5. The highest BCUT2D eigenvalue weighted by molar-refractivity contribution is 6.32. The maximum atomic E-state index is 6.09. The summed E-state index contributed by atoms with van der Waals surface area (Å²) in [5, 5.41) is 3.86. The van der Waals surface area contributed by atoms with Crippen LogP contribution in [0.4, 0.5) is 11.4 Å².